The van der Waals surface area contributed by atoms with Crippen molar-refractivity contribution in [3.8, 4) is 11.5 Å². The van der Waals surface area contributed by atoms with Gasteiger partial charge >= 0.3 is 0 Å². The molecule has 0 bridgehead atoms. The standard InChI is InChI=1S/C17H18BrNO2/c1-11-5-3-4-6-12(11)17(19-2)13-9-15-16(10-14(13)18)21-8-7-20-15/h3-6,9-10,17,19H,7-8H2,1-2H3. The van der Waals surface area contributed by atoms with E-state index in [4.69, 9.17) is 9.47 Å². The maximum Gasteiger partial charge on any atom is 0.162 e. The van der Waals surface area contributed by atoms with Gasteiger partial charge in [-0.25, -0.2) is 0 Å². The van der Waals surface area contributed by atoms with Gasteiger partial charge in [-0.3, -0.25) is 0 Å². The lowest BCUT2D eigenvalue weighted by atomic mass is 9.95. The molecule has 4 heteroatoms. The Bertz CT molecular complexity index is 657. The van der Waals surface area contributed by atoms with Crippen LogP contribution < -0.4 is 14.8 Å². The van der Waals surface area contributed by atoms with Gasteiger partial charge in [0.15, 0.2) is 11.5 Å². The number of rotatable bonds is 3. The minimum absolute atomic E-state index is 0.108. The Morgan fingerprint density at radius 3 is 2.38 bits per heavy atom. The number of hydrogen-bond donors (Lipinski definition) is 1. The van der Waals surface area contributed by atoms with Gasteiger partial charge in [0, 0.05) is 4.47 Å². The summed E-state index contributed by atoms with van der Waals surface area (Å²) in [5, 5.41) is 3.40. The zero-order chi connectivity index (χ0) is 14.8. The van der Waals surface area contributed by atoms with Crippen molar-refractivity contribution in [3.63, 3.8) is 0 Å². The van der Waals surface area contributed by atoms with Crippen LogP contribution in [0.2, 0.25) is 0 Å². The van der Waals surface area contributed by atoms with E-state index in [-0.39, 0.29) is 6.04 Å². The molecule has 0 saturated carbocycles. The van der Waals surface area contributed by atoms with Crippen molar-refractivity contribution in [2.75, 3.05) is 20.3 Å². The number of benzene rings is 2. The highest BCUT2D eigenvalue weighted by Gasteiger charge is 2.21. The van der Waals surface area contributed by atoms with E-state index in [1.807, 2.05) is 13.1 Å². The summed E-state index contributed by atoms with van der Waals surface area (Å²) >= 11 is 3.66. The van der Waals surface area contributed by atoms with Gasteiger partial charge in [-0.15, -0.1) is 0 Å². The molecule has 0 saturated heterocycles. The lowest BCUT2D eigenvalue weighted by molar-refractivity contribution is 0.171. The fourth-order valence-electron chi connectivity index (χ4n) is 2.69. The Morgan fingerprint density at radius 1 is 1.05 bits per heavy atom. The third-order valence-electron chi connectivity index (χ3n) is 3.76. The summed E-state index contributed by atoms with van der Waals surface area (Å²) in [6, 6.07) is 12.6. The van der Waals surface area contributed by atoms with E-state index in [0.717, 1.165) is 21.5 Å². The first-order chi connectivity index (χ1) is 10.2. The molecule has 2 aromatic carbocycles. The molecule has 3 rings (SSSR count). The minimum Gasteiger partial charge on any atom is -0.486 e. The predicted molar refractivity (Wildman–Crippen MR) is 87.2 cm³/mol. The first-order valence-corrected chi connectivity index (χ1v) is 7.82. The van der Waals surface area contributed by atoms with Gasteiger partial charge in [-0.05, 0) is 42.8 Å². The zero-order valence-electron chi connectivity index (χ0n) is 12.2. The van der Waals surface area contributed by atoms with Gasteiger partial charge in [0.05, 0.1) is 6.04 Å². The lowest BCUT2D eigenvalue weighted by Gasteiger charge is -2.24. The Morgan fingerprint density at radius 2 is 1.71 bits per heavy atom. The molecule has 1 aliphatic rings. The molecular formula is C17H18BrNO2. The van der Waals surface area contributed by atoms with Crippen LogP contribution in [-0.4, -0.2) is 20.3 Å². The lowest BCUT2D eigenvalue weighted by Crippen LogP contribution is -2.21. The van der Waals surface area contributed by atoms with Crippen LogP contribution in [0.4, 0.5) is 0 Å². The molecule has 21 heavy (non-hydrogen) atoms. The average molecular weight is 348 g/mol. The van der Waals surface area contributed by atoms with Crippen molar-refractivity contribution >= 4 is 15.9 Å². The number of ether oxygens (including phenoxy) is 2. The first-order valence-electron chi connectivity index (χ1n) is 7.02. The van der Waals surface area contributed by atoms with Crippen LogP contribution in [0.1, 0.15) is 22.7 Å². The maximum atomic E-state index is 5.71. The molecule has 1 unspecified atom stereocenters. The Hall–Kier alpha value is -1.52. The van der Waals surface area contributed by atoms with Crippen molar-refractivity contribution in [3.05, 3.63) is 57.6 Å². The first kappa shape index (κ1) is 14.4. The van der Waals surface area contributed by atoms with Crippen LogP contribution >= 0.6 is 15.9 Å². The largest absolute Gasteiger partial charge is 0.486 e. The van der Waals surface area contributed by atoms with Gasteiger partial charge in [0.1, 0.15) is 13.2 Å². The van der Waals surface area contributed by atoms with Crippen LogP contribution in [0.25, 0.3) is 0 Å². The van der Waals surface area contributed by atoms with Gasteiger partial charge in [0.25, 0.3) is 0 Å². The van der Waals surface area contributed by atoms with Crippen LogP contribution in [0.3, 0.4) is 0 Å². The summed E-state index contributed by atoms with van der Waals surface area (Å²) in [6.07, 6.45) is 0. The van der Waals surface area contributed by atoms with Crippen LogP contribution in [-0.2, 0) is 0 Å². The monoisotopic (exact) mass is 347 g/mol. The number of aryl methyl sites for hydroxylation is 1. The second-order valence-electron chi connectivity index (χ2n) is 5.10. The molecule has 110 valence electrons. The van der Waals surface area contributed by atoms with Gasteiger partial charge in [0.2, 0.25) is 0 Å². The normalized spacial score (nSPS) is 14.8. The highest BCUT2D eigenvalue weighted by atomic mass is 79.9. The summed E-state index contributed by atoms with van der Waals surface area (Å²) in [6.45, 7) is 3.33. The Balaban J connectivity index is 2.07. The summed E-state index contributed by atoms with van der Waals surface area (Å²) in [4.78, 5) is 0. The second kappa shape index (κ2) is 6.08. The van der Waals surface area contributed by atoms with E-state index in [2.05, 4.69) is 58.5 Å². The van der Waals surface area contributed by atoms with E-state index in [1.54, 1.807) is 0 Å². The summed E-state index contributed by atoms with van der Waals surface area (Å²) < 4.78 is 12.4. The van der Waals surface area contributed by atoms with Crippen LogP contribution in [0.15, 0.2) is 40.9 Å². The maximum absolute atomic E-state index is 5.71. The number of fused-ring (bicyclic) bond motifs is 1. The molecule has 0 aromatic heterocycles. The minimum atomic E-state index is 0.108. The molecule has 1 heterocycles. The fraction of sp³-hybridized carbons (Fsp3) is 0.294. The third kappa shape index (κ3) is 2.78. The molecule has 3 nitrogen and oxygen atoms in total. The number of hydrogen-bond acceptors (Lipinski definition) is 3. The molecule has 0 fully saturated rings. The van der Waals surface area contributed by atoms with Crippen LogP contribution in [0.5, 0.6) is 11.5 Å². The van der Waals surface area contributed by atoms with Crippen molar-refractivity contribution in [1.29, 1.82) is 0 Å². The van der Waals surface area contributed by atoms with Crippen molar-refractivity contribution in [2.24, 2.45) is 0 Å². The Labute approximate surface area is 133 Å². The smallest absolute Gasteiger partial charge is 0.162 e. The molecule has 0 aliphatic carbocycles. The topological polar surface area (TPSA) is 30.5 Å². The molecule has 1 N–H and O–H groups in total. The summed E-state index contributed by atoms with van der Waals surface area (Å²) in [7, 11) is 1.97. The van der Waals surface area contributed by atoms with Gasteiger partial charge in [-0.2, -0.15) is 0 Å². The summed E-state index contributed by atoms with van der Waals surface area (Å²) in [5.41, 5.74) is 3.67. The molecule has 1 atom stereocenters. The average Bonchev–Trinajstić information content (AvgIpc) is 2.50. The summed E-state index contributed by atoms with van der Waals surface area (Å²) in [5.74, 6) is 1.62. The van der Waals surface area contributed by atoms with Crippen LogP contribution in [0, 0.1) is 6.92 Å². The quantitative estimate of drug-likeness (QED) is 0.914. The van der Waals surface area contributed by atoms with Gasteiger partial charge < -0.3 is 14.8 Å². The highest BCUT2D eigenvalue weighted by molar-refractivity contribution is 9.10. The molecule has 0 amide bonds. The number of nitrogens with one attached hydrogen (secondary N) is 1. The van der Waals surface area contributed by atoms with Gasteiger partial charge in [-0.1, -0.05) is 40.2 Å². The van der Waals surface area contributed by atoms with E-state index >= 15 is 0 Å². The second-order valence-corrected chi connectivity index (χ2v) is 5.95. The van der Waals surface area contributed by atoms with E-state index < -0.39 is 0 Å². The van der Waals surface area contributed by atoms with Crippen molar-refractivity contribution in [1.82, 2.24) is 5.32 Å². The zero-order valence-corrected chi connectivity index (χ0v) is 13.7. The number of halogens is 1. The van der Waals surface area contributed by atoms with Crippen molar-refractivity contribution in [2.45, 2.75) is 13.0 Å². The SMILES string of the molecule is CNC(c1ccccc1C)c1cc2c(cc1Br)OCCO2. The highest BCUT2D eigenvalue weighted by Crippen LogP contribution is 2.39. The van der Waals surface area contributed by atoms with E-state index in [1.165, 1.54) is 11.1 Å². The molecule has 2 aromatic rings. The van der Waals surface area contributed by atoms with E-state index in [9.17, 15) is 0 Å². The molecule has 0 radical (unpaired) electrons. The Kier molecular flexibility index (Phi) is 4.17. The predicted octanol–water partition coefficient (Wildman–Crippen LogP) is 3.84. The van der Waals surface area contributed by atoms with E-state index in [0.29, 0.717) is 13.2 Å². The van der Waals surface area contributed by atoms with Crippen molar-refractivity contribution < 1.29 is 9.47 Å². The fourth-order valence-corrected chi connectivity index (χ4v) is 3.24. The molecule has 0 spiro atoms. The third-order valence-corrected chi connectivity index (χ3v) is 4.45. The molecular weight excluding hydrogens is 330 g/mol. The molecule has 1 aliphatic heterocycles.